The predicted molar refractivity (Wildman–Crippen MR) is 87.7 cm³/mol. The molecular weight excluding hydrogens is 244 g/mol. The van der Waals surface area contributed by atoms with E-state index in [9.17, 15) is 0 Å². The molecule has 2 fully saturated rings. The average molecular weight is 280 g/mol. The zero-order valence-corrected chi connectivity index (χ0v) is 14.2. The van der Waals surface area contributed by atoms with Crippen LogP contribution in [0.1, 0.15) is 66.2 Å². The molecule has 1 saturated carbocycles. The lowest BCUT2D eigenvalue weighted by atomic mass is 9.70. The first kappa shape index (κ1) is 16.3. The topological polar surface area (TPSA) is 29.3 Å². The Morgan fingerprint density at radius 3 is 2.00 bits per heavy atom. The molecule has 118 valence electrons. The van der Waals surface area contributed by atoms with Gasteiger partial charge in [-0.05, 0) is 81.7 Å². The normalized spacial score (nSPS) is 32.2. The molecule has 1 heterocycles. The van der Waals surface area contributed by atoms with E-state index in [2.05, 4.69) is 32.6 Å². The molecule has 2 N–H and O–H groups in total. The minimum absolute atomic E-state index is 0.388. The fraction of sp³-hybridized carbons (Fsp3) is 1.00. The number of rotatable bonds is 3. The largest absolute Gasteiger partial charge is 0.328 e. The molecule has 2 nitrogen and oxygen atoms in total. The maximum Gasteiger partial charge on any atom is 0.00397 e. The molecule has 1 saturated heterocycles. The summed E-state index contributed by atoms with van der Waals surface area (Å²) in [4.78, 5) is 2.71. The summed E-state index contributed by atoms with van der Waals surface area (Å²) < 4.78 is 0. The molecule has 20 heavy (non-hydrogen) atoms. The Morgan fingerprint density at radius 2 is 1.55 bits per heavy atom. The number of piperidine rings is 1. The smallest absolute Gasteiger partial charge is 0.00397 e. The summed E-state index contributed by atoms with van der Waals surface area (Å²) in [6.07, 6.45) is 8.43. The Labute approximate surface area is 126 Å². The first-order valence-electron chi connectivity index (χ1n) is 8.84. The lowest BCUT2D eigenvalue weighted by Gasteiger charge is -2.40. The zero-order chi connectivity index (χ0) is 14.8. The summed E-state index contributed by atoms with van der Waals surface area (Å²) in [6, 6.07) is 0.388. The van der Waals surface area contributed by atoms with Crippen molar-refractivity contribution in [3.05, 3.63) is 0 Å². The van der Waals surface area contributed by atoms with E-state index in [-0.39, 0.29) is 0 Å². The van der Waals surface area contributed by atoms with Gasteiger partial charge in [0.25, 0.3) is 0 Å². The van der Waals surface area contributed by atoms with Crippen LogP contribution in [-0.2, 0) is 0 Å². The first-order chi connectivity index (χ1) is 9.36. The zero-order valence-electron chi connectivity index (χ0n) is 14.2. The van der Waals surface area contributed by atoms with Gasteiger partial charge in [0.1, 0.15) is 0 Å². The molecule has 0 radical (unpaired) electrons. The van der Waals surface area contributed by atoms with Gasteiger partial charge in [0.15, 0.2) is 0 Å². The standard InChI is InChI=1S/C18H36N2/c1-14(19)16-9-11-20(12-10-16)13-15-5-7-17(8-6-15)18(2,3)4/h14-17H,5-13,19H2,1-4H3. The van der Waals surface area contributed by atoms with Gasteiger partial charge >= 0.3 is 0 Å². The Balaban J connectivity index is 1.69. The van der Waals surface area contributed by atoms with Crippen LogP contribution in [0.25, 0.3) is 0 Å². The molecule has 0 aromatic rings. The molecule has 2 rings (SSSR count). The van der Waals surface area contributed by atoms with E-state index in [1.807, 2.05) is 0 Å². The highest BCUT2D eigenvalue weighted by atomic mass is 15.1. The molecule has 0 aromatic carbocycles. The second-order valence-electron chi connectivity index (χ2n) is 8.58. The Morgan fingerprint density at radius 1 is 1.00 bits per heavy atom. The van der Waals surface area contributed by atoms with Gasteiger partial charge in [0, 0.05) is 12.6 Å². The summed E-state index contributed by atoms with van der Waals surface area (Å²) in [6.45, 7) is 13.3. The summed E-state index contributed by atoms with van der Waals surface area (Å²) in [7, 11) is 0. The molecule has 2 aliphatic rings. The second-order valence-corrected chi connectivity index (χ2v) is 8.58. The number of nitrogens with two attached hydrogens (primary N) is 1. The molecule has 0 amide bonds. The molecule has 1 aliphatic heterocycles. The minimum Gasteiger partial charge on any atom is -0.328 e. The summed E-state index contributed by atoms with van der Waals surface area (Å²) in [5.41, 5.74) is 6.55. The fourth-order valence-electron chi connectivity index (χ4n) is 4.24. The third-order valence-electron chi connectivity index (χ3n) is 5.96. The highest BCUT2D eigenvalue weighted by Crippen LogP contribution is 2.40. The lowest BCUT2D eigenvalue weighted by Crippen LogP contribution is -2.42. The Kier molecular flexibility index (Phi) is 5.53. The van der Waals surface area contributed by atoms with Gasteiger partial charge in [-0.25, -0.2) is 0 Å². The van der Waals surface area contributed by atoms with Gasteiger partial charge < -0.3 is 10.6 Å². The molecule has 0 aromatic heterocycles. The minimum atomic E-state index is 0.388. The molecule has 1 atom stereocenters. The van der Waals surface area contributed by atoms with Crippen molar-refractivity contribution < 1.29 is 0 Å². The van der Waals surface area contributed by atoms with Gasteiger partial charge in [-0.1, -0.05) is 20.8 Å². The van der Waals surface area contributed by atoms with E-state index in [1.165, 1.54) is 58.2 Å². The van der Waals surface area contributed by atoms with Crippen LogP contribution in [0.15, 0.2) is 0 Å². The second kappa shape index (κ2) is 6.79. The molecule has 0 spiro atoms. The van der Waals surface area contributed by atoms with Crippen LogP contribution >= 0.6 is 0 Å². The van der Waals surface area contributed by atoms with Gasteiger partial charge in [-0.15, -0.1) is 0 Å². The van der Waals surface area contributed by atoms with Crippen molar-refractivity contribution in [2.45, 2.75) is 72.3 Å². The van der Waals surface area contributed by atoms with E-state index in [0.717, 1.165) is 17.8 Å². The fourth-order valence-corrected chi connectivity index (χ4v) is 4.24. The highest BCUT2D eigenvalue weighted by Gasteiger charge is 2.31. The van der Waals surface area contributed by atoms with E-state index < -0.39 is 0 Å². The average Bonchev–Trinajstić information content (AvgIpc) is 2.39. The summed E-state index contributed by atoms with van der Waals surface area (Å²) in [5.74, 6) is 2.67. The summed E-state index contributed by atoms with van der Waals surface area (Å²) >= 11 is 0. The quantitative estimate of drug-likeness (QED) is 0.849. The Bertz CT molecular complexity index is 276. The van der Waals surface area contributed by atoms with Gasteiger partial charge in [-0.2, -0.15) is 0 Å². The third-order valence-corrected chi connectivity index (χ3v) is 5.96. The van der Waals surface area contributed by atoms with Crippen molar-refractivity contribution in [1.29, 1.82) is 0 Å². The summed E-state index contributed by atoms with van der Waals surface area (Å²) in [5, 5.41) is 0. The number of hydrogen-bond acceptors (Lipinski definition) is 2. The number of likely N-dealkylation sites (tertiary alicyclic amines) is 1. The van der Waals surface area contributed by atoms with Crippen LogP contribution in [-0.4, -0.2) is 30.6 Å². The SMILES string of the molecule is CC(N)C1CCN(CC2CCC(C(C)(C)C)CC2)CC1. The van der Waals surface area contributed by atoms with Crippen molar-refractivity contribution in [3.63, 3.8) is 0 Å². The maximum absolute atomic E-state index is 6.03. The number of nitrogens with zero attached hydrogens (tertiary/aromatic N) is 1. The van der Waals surface area contributed by atoms with Crippen LogP contribution in [0, 0.1) is 23.2 Å². The van der Waals surface area contributed by atoms with Crippen molar-refractivity contribution in [3.8, 4) is 0 Å². The van der Waals surface area contributed by atoms with Crippen molar-refractivity contribution in [2.24, 2.45) is 28.9 Å². The van der Waals surface area contributed by atoms with Crippen molar-refractivity contribution >= 4 is 0 Å². The number of hydrogen-bond donors (Lipinski definition) is 1. The molecular formula is C18H36N2. The van der Waals surface area contributed by atoms with Crippen molar-refractivity contribution in [1.82, 2.24) is 4.90 Å². The molecule has 1 aliphatic carbocycles. The van der Waals surface area contributed by atoms with Crippen molar-refractivity contribution in [2.75, 3.05) is 19.6 Å². The Hall–Kier alpha value is -0.0800. The van der Waals surface area contributed by atoms with E-state index in [4.69, 9.17) is 5.73 Å². The van der Waals surface area contributed by atoms with Gasteiger partial charge in [0.05, 0.1) is 0 Å². The maximum atomic E-state index is 6.03. The molecule has 2 heteroatoms. The van der Waals surface area contributed by atoms with Gasteiger partial charge in [-0.3, -0.25) is 0 Å². The first-order valence-corrected chi connectivity index (χ1v) is 8.84. The van der Waals surface area contributed by atoms with Crippen LogP contribution in [0.4, 0.5) is 0 Å². The van der Waals surface area contributed by atoms with E-state index in [1.54, 1.807) is 0 Å². The van der Waals surface area contributed by atoms with Crippen LogP contribution in [0.5, 0.6) is 0 Å². The lowest BCUT2D eigenvalue weighted by molar-refractivity contribution is 0.104. The highest BCUT2D eigenvalue weighted by molar-refractivity contribution is 4.83. The monoisotopic (exact) mass is 280 g/mol. The third kappa shape index (κ3) is 4.46. The molecule has 1 unspecified atom stereocenters. The predicted octanol–water partition coefficient (Wildman–Crippen LogP) is 3.90. The van der Waals surface area contributed by atoms with Gasteiger partial charge in [0.2, 0.25) is 0 Å². The van der Waals surface area contributed by atoms with Crippen LogP contribution in [0.2, 0.25) is 0 Å². The van der Waals surface area contributed by atoms with E-state index in [0.29, 0.717) is 11.5 Å². The van der Waals surface area contributed by atoms with Crippen LogP contribution in [0.3, 0.4) is 0 Å². The molecule has 0 bridgehead atoms. The van der Waals surface area contributed by atoms with Crippen LogP contribution < -0.4 is 5.73 Å². The van der Waals surface area contributed by atoms with E-state index >= 15 is 0 Å².